The Morgan fingerprint density at radius 3 is 2.13 bits per heavy atom. The summed E-state index contributed by atoms with van der Waals surface area (Å²) in [6.07, 6.45) is 9.33. The fourth-order valence-corrected chi connectivity index (χ4v) is 5.32. The van der Waals surface area contributed by atoms with Crippen LogP contribution in [0, 0.1) is 19.8 Å². The number of hydrogen-bond acceptors (Lipinski definition) is 3. The quantitative estimate of drug-likeness (QED) is 0.231. The Labute approximate surface area is 275 Å². The smallest absolute Gasteiger partial charge is 0.153 e. The van der Waals surface area contributed by atoms with Gasteiger partial charge >= 0.3 is 0 Å². The molecule has 1 aliphatic rings. The first-order valence-corrected chi connectivity index (χ1v) is 17.1. The molecule has 3 heteroatoms. The van der Waals surface area contributed by atoms with Crippen molar-refractivity contribution < 1.29 is 9.90 Å². The molecule has 0 saturated carbocycles. The van der Waals surface area contributed by atoms with E-state index in [9.17, 15) is 9.90 Å². The number of ketones is 1. The van der Waals surface area contributed by atoms with Crippen LogP contribution >= 0.6 is 0 Å². The average molecular weight is 610 g/mol. The maximum Gasteiger partial charge on any atom is 0.153 e. The predicted molar refractivity (Wildman–Crippen MR) is 197 cm³/mol. The molecule has 3 nitrogen and oxygen atoms in total. The molecule has 0 aromatic heterocycles. The highest BCUT2D eigenvalue weighted by Gasteiger charge is 2.35. The molecule has 0 saturated heterocycles. The van der Waals surface area contributed by atoms with Gasteiger partial charge in [0.2, 0.25) is 0 Å². The van der Waals surface area contributed by atoms with Gasteiger partial charge in [0.15, 0.2) is 5.78 Å². The van der Waals surface area contributed by atoms with Gasteiger partial charge in [0.1, 0.15) is 5.60 Å². The second kappa shape index (κ2) is 19.7. The molecule has 1 N–H and O–H groups in total. The Morgan fingerprint density at radius 1 is 0.889 bits per heavy atom. The van der Waals surface area contributed by atoms with Crippen LogP contribution in [-0.2, 0) is 23.2 Å². The summed E-state index contributed by atoms with van der Waals surface area (Å²) in [6.45, 7) is 24.0. The van der Waals surface area contributed by atoms with E-state index in [1.165, 1.54) is 16.7 Å². The van der Waals surface area contributed by atoms with Gasteiger partial charge in [0, 0.05) is 12.4 Å². The van der Waals surface area contributed by atoms with Gasteiger partial charge in [0.25, 0.3) is 0 Å². The van der Waals surface area contributed by atoms with Crippen LogP contribution in [0.5, 0.6) is 0 Å². The Balaban J connectivity index is 0.00000159. The molecule has 1 aliphatic carbocycles. The van der Waals surface area contributed by atoms with E-state index in [-0.39, 0.29) is 5.78 Å². The molecule has 45 heavy (non-hydrogen) atoms. The number of rotatable bonds is 5. The number of carbonyl (C=O) groups excluding carboxylic acids is 1. The maximum absolute atomic E-state index is 12.7. The molecular formula is C42H59NO2. The van der Waals surface area contributed by atoms with Crippen molar-refractivity contribution in [3.63, 3.8) is 0 Å². The van der Waals surface area contributed by atoms with Crippen LogP contribution in [0.25, 0.3) is 5.57 Å². The number of nitrogens with zero attached hydrogens (tertiary/aromatic N) is 1. The van der Waals surface area contributed by atoms with Gasteiger partial charge in [-0.3, -0.25) is 9.79 Å². The minimum absolute atomic E-state index is 0.00443. The molecule has 6 bridgehead atoms. The molecule has 0 spiro atoms. The van der Waals surface area contributed by atoms with Crippen LogP contribution < -0.4 is 0 Å². The van der Waals surface area contributed by atoms with Crippen LogP contribution in [0.2, 0.25) is 0 Å². The van der Waals surface area contributed by atoms with Crippen molar-refractivity contribution in [1.29, 1.82) is 0 Å². The van der Waals surface area contributed by atoms with E-state index in [0.29, 0.717) is 5.92 Å². The van der Waals surface area contributed by atoms with Crippen LogP contribution in [0.1, 0.15) is 127 Å². The van der Waals surface area contributed by atoms with E-state index < -0.39 is 5.60 Å². The summed E-state index contributed by atoms with van der Waals surface area (Å²) in [5.41, 5.74) is 8.58. The summed E-state index contributed by atoms with van der Waals surface area (Å²) in [7, 11) is 0. The summed E-state index contributed by atoms with van der Waals surface area (Å²) >= 11 is 0. The van der Waals surface area contributed by atoms with Crippen molar-refractivity contribution in [2.24, 2.45) is 10.9 Å². The van der Waals surface area contributed by atoms with Gasteiger partial charge in [-0.05, 0) is 127 Å². The summed E-state index contributed by atoms with van der Waals surface area (Å²) < 4.78 is 0. The molecular weight excluding hydrogens is 550 g/mol. The molecule has 244 valence electrons. The number of allylic oxidation sites excluding steroid dienone is 1. The SMILES string of the molecule is CC.CC.CC.CCC(C)C=N/C=C(\C)C1(O)c2ccc(C)c(c2)CCCc2cccc(c2)/C(=C/C(C)=O)c2cc1ccc2C. The number of benzene rings is 3. The largest absolute Gasteiger partial charge is 0.376 e. The van der Waals surface area contributed by atoms with E-state index in [2.05, 4.69) is 75.2 Å². The lowest BCUT2D eigenvalue weighted by Crippen LogP contribution is -2.29. The molecule has 3 aromatic carbocycles. The highest BCUT2D eigenvalue weighted by Crippen LogP contribution is 2.40. The number of hydrogen-bond donors (Lipinski definition) is 1. The molecule has 0 radical (unpaired) electrons. The van der Waals surface area contributed by atoms with Crippen molar-refractivity contribution in [2.45, 2.75) is 114 Å². The molecule has 0 amide bonds. The second-order valence-electron chi connectivity index (χ2n) is 11.1. The first-order valence-electron chi connectivity index (χ1n) is 17.1. The van der Waals surface area contributed by atoms with Crippen molar-refractivity contribution in [3.8, 4) is 0 Å². The zero-order valence-electron chi connectivity index (χ0n) is 30.2. The van der Waals surface area contributed by atoms with Gasteiger partial charge in [0.05, 0.1) is 0 Å². The molecule has 2 unspecified atom stereocenters. The highest BCUT2D eigenvalue weighted by atomic mass is 16.3. The number of aliphatic imine (C=N–C) groups is 1. The number of aliphatic hydroxyl groups is 1. The zero-order chi connectivity index (χ0) is 34.2. The lowest BCUT2D eigenvalue weighted by molar-refractivity contribution is -0.112. The Hall–Kier alpha value is -3.56. The molecule has 0 heterocycles. The molecule has 0 fully saturated rings. The van der Waals surface area contributed by atoms with Gasteiger partial charge in [-0.25, -0.2) is 0 Å². The fraction of sp³-hybridized carbons (Fsp3) is 0.429. The number of fused-ring (bicyclic) bond motifs is 6. The summed E-state index contributed by atoms with van der Waals surface area (Å²) in [6, 6.07) is 20.9. The van der Waals surface area contributed by atoms with E-state index >= 15 is 0 Å². The van der Waals surface area contributed by atoms with Crippen molar-refractivity contribution in [2.75, 3.05) is 0 Å². The third-order valence-electron chi connectivity index (χ3n) is 8.03. The Kier molecular flexibility index (Phi) is 17.3. The van der Waals surface area contributed by atoms with Gasteiger partial charge < -0.3 is 5.11 Å². The number of aryl methyl sites for hydroxylation is 4. The minimum atomic E-state index is -1.38. The molecule has 2 atom stereocenters. The van der Waals surface area contributed by atoms with Crippen molar-refractivity contribution >= 4 is 17.6 Å². The van der Waals surface area contributed by atoms with Gasteiger partial charge in [-0.15, -0.1) is 0 Å². The first-order chi connectivity index (χ1) is 21.6. The maximum atomic E-state index is 12.7. The van der Waals surface area contributed by atoms with E-state index in [1.54, 1.807) is 19.2 Å². The summed E-state index contributed by atoms with van der Waals surface area (Å²) in [4.78, 5) is 17.0. The predicted octanol–water partition coefficient (Wildman–Crippen LogP) is 11.1. The first kappa shape index (κ1) is 39.5. The van der Waals surface area contributed by atoms with Gasteiger partial charge in [-0.1, -0.05) is 110 Å². The van der Waals surface area contributed by atoms with Crippen LogP contribution in [0.3, 0.4) is 0 Å². The lowest BCUT2D eigenvalue weighted by Gasteiger charge is -2.32. The molecule has 3 aromatic rings. The Morgan fingerprint density at radius 2 is 1.51 bits per heavy atom. The van der Waals surface area contributed by atoms with E-state index in [1.807, 2.05) is 72.9 Å². The lowest BCUT2D eigenvalue weighted by atomic mass is 9.77. The average Bonchev–Trinajstić information content (AvgIpc) is 3.06. The summed E-state index contributed by atoms with van der Waals surface area (Å²) in [5.74, 6) is 0.356. The monoisotopic (exact) mass is 609 g/mol. The highest BCUT2D eigenvalue weighted by molar-refractivity contribution is 5.99. The van der Waals surface area contributed by atoms with Gasteiger partial charge in [-0.2, -0.15) is 0 Å². The summed E-state index contributed by atoms with van der Waals surface area (Å²) in [5, 5.41) is 12.7. The standard InChI is InChI=1S/C36H41NO2.3C2H6/c1-7-24(2)22-37-23-27(5)36(39)32-16-14-25(3)30(20-32)12-8-10-29-11-9-13-31(19-29)35(18-28(6)38)34-21-33(36)17-15-26(34)4;3*1-2/h9,11,13-24,39H,7-8,10,12H2,1-6H3;3*1-2H3/b27-23+,35-18-,37-22?;;;. The normalized spacial score (nSPS) is 17.4. The molecule has 4 rings (SSSR count). The zero-order valence-corrected chi connectivity index (χ0v) is 30.2. The van der Waals surface area contributed by atoms with Crippen molar-refractivity contribution in [3.05, 3.63) is 123 Å². The van der Waals surface area contributed by atoms with Crippen LogP contribution in [0.15, 0.2) is 83.5 Å². The molecule has 0 aliphatic heterocycles. The second-order valence-corrected chi connectivity index (χ2v) is 11.1. The topological polar surface area (TPSA) is 49.7 Å². The van der Waals surface area contributed by atoms with E-state index in [4.69, 9.17) is 0 Å². The number of carbonyl (C=O) groups is 1. The van der Waals surface area contributed by atoms with Crippen molar-refractivity contribution in [1.82, 2.24) is 0 Å². The van der Waals surface area contributed by atoms with Crippen LogP contribution in [0.4, 0.5) is 0 Å². The van der Waals surface area contributed by atoms with E-state index in [0.717, 1.165) is 64.6 Å². The third-order valence-corrected chi connectivity index (χ3v) is 8.03. The minimum Gasteiger partial charge on any atom is -0.376 e. The van der Waals surface area contributed by atoms with Crippen LogP contribution in [-0.4, -0.2) is 17.1 Å². The third kappa shape index (κ3) is 10.2. The fourth-order valence-electron chi connectivity index (χ4n) is 5.32. The Bertz CT molecular complexity index is 1460.